The van der Waals surface area contributed by atoms with E-state index < -0.39 is 11.9 Å². The zero-order valence-electron chi connectivity index (χ0n) is 9.99. The summed E-state index contributed by atoms with van der Waals surface area (Å²) in [6, 6.07) is 3.30. The molecular weight excluding hydrogens is 244 g/mol. The third-order valence-corrected chi connectivity index (χ3v) is 2.73. The molecule has 4 nitrogen and oxygen atoms in total. The predicted octanol–water partition coefficient (Wildman–Crippen LogP) is 2.68. The molecule has 0 aliphatic rings. The number of carboxylic acids is 1. The number of benzene rings is 1. The number of hydrogen-bond donors (Lipinski definition) is 1. The highest BCUT2D eigenvalue weighted by molar-refractivity contribution is 6.30. The van der Waals surface area contributed by atoms with Crippen molar-refractivity contribution in [2.75, 3.05) is 14.2 Å². The Hall–Kier alpha value is -1.26. The predicted molar refractivity (Wildman–Crippen MR) is 64.8 cm³/mol. The van der Waals surface area contributed by atoms with Gasteiger partial charge in [-0.1, -0.05) is 11.6 Å². The van der Waals surface area contributed by atoms with Crippen LogP contribution in [0.15, 0.2) is 12.1 Å². The highest BCUT2D eigenvalue weighted by Crippen LogP contribution is 2.33. The Kier molecular flexibility index (Phi) is 4.78. The lowest BCUT2D eigenvalue weighted by Gasteiger charge is -2.17. The molecule has 5 heteroatoms. The van der Waals surface area contributed by atoms with Crippen molar-refractivity contribution >= 4 is 17.6 Å². The van der Waals surface area contributed by atoms with E-state index >= 15 is 0 Å². The summed E-state index contributed by atoms with van der Waals surface area (Å²) in [5, 5.41) is 9.58. The maximum Gasteiger partial charge on any atom is 0.310 e. The molecule has 1 unspecified atom stereocenters. The number of methoxy groups -OCH3 is 2. The molecule has 1 rings (SSSR count). The summed E-state index contributed by atoms with van der Waals surface area (Å²) < 4.78 is 10.2. The molecule has 0 amide bonds. The Balaban J connectivity index is 3.35. The lowest BCUT2D eigenvalue weighted by Crippen LogP contribution is -2.12. The summed E-state index contributed by atoms with van der Waals surface area (Å²) in [4.78, 5) is 11.1. The van der Waals surface area contributed by atoms with E-state index in [9.17, 15) is 4.79 Å². The Morgan fingerprint density at radius 2 is 2.12 bits per heavy atom. The first kappa shape index (κ1) is 13.8. The van der Waals surface area contributed by atoms with E-state index in [0.717, 1.165) is 5.56 Å². The average Bonchev–Trinajstić information content (AvgIpc) is 2.27. The molecule has 0 aliphatic heterocycles. The first-order valence-corrected chi connectivity index (χ1v) is 5.47. The Bertz CT molecular complexity index is 417. The van der Waals surface area contributed by atoms with Crippen molar-refractivity contribution in [1.82, 2.24) is 0 Å². The summed E-state index contributed by atoms with van der Waals surface area (Å²) in [5.41, 5.74) is 1.33. The van der Waals surface area contributed by atoms with Gasteiger partial charge in [0.25, 0.3) is 0 Å². The van der Waals surface area contributed by atoms with Crippen molar-refractivity contribution in [2.45, 2.75) is 19.4 Å². The molecule has 0 bridgehead atoms. The van der Waals surface area contributed by atoms with Gasteiger partial charge in [0.2, 0.25) is 0 Å². The molecule has 94 valence electrons. The van der Waals surface area contributed by atoms with Crippen molar-refractivity contribution in [3.63, 3.8) is 0 Å². The summed E-state index contributed by atoms with van der Waals surface area (Å²) in [5.74, 6) is -1.12. The van der Waals surface area contributed by atoms with Crippen LogP contribution >= 0.6 is 11.6 Å². The molecule has 1 atom stereocenters. The van der Waals surface area contributed by atoms with E-state index in [-0.39, 0.29) is 0 Å². The van der Waals surface area contributed by atoms with Gasteiger partial charge in [-0.3, -0.25) is 4.79 Å². The Labute approximate surface area is 105 Å². The zero-order chi connectivity index (χ0) is 13.0. The lowest BCUT2D eigenvalue weighted by molar-refractivity contribution is -0.138. The quantitative estimate of drug-likeness (QED) is 0.882. The molecule has 0 fully saturated rings. The first-order valence-electron chi connectivity index (χ1n) is 5.09. The van der Waals surface area contributed by atoms with Crippen molar-refractivity contribution < 1.29 is 19.4 Å². The van der Waals surface area contributed by atoms with Crippen molar-refractivity contribution in [2.24, 2.45) is 0 Å². The van der Waals surface area contributed by atoms with Gasteiger partial charge in [-0.25, -0.2) is 0 Å². The van der Waals surface area contributed by atoms with E-state index in [1.54, 1.807) is 26.2 Å². The minimum absolute atomic E-state index is 0.296. The monoisotopic (exact) mass is 258 g/mol. The number of ether oxygens (including phenoxy) is 2. The van der Waals surface area contributed by atoms with Crippen LogP contribution in [0.4, 0.5) is 0 Å². The van der Waals surface area contributed by atoms with E-state index in [4.69, 9.17) is 26.2 Å². The maximum absolute atomic E-state index is 11.1. The molecule has 0 heterocycles. The molecule has 0 aromatic heterocycles. The van der Waals surface area contributed by atoms with Gasteiger partial charge in [-0.05, 0) is 24.6 Å². The zero-order valence-corrected chi connectivity index (χ0v) is 10.7. The van der Waals surface area contributed by atoms with E-state index in [2.05, 4.69) is 0 Å². The Morgan fingerprint density at radius 1 is 1.47 bits per heavy atom. The van der Waals surface area contributed by atoms with Gasteiger partial charge in [0.05, 0.1) is 19.6 Å². The standard InChI is InChI=1S/C12H15ClO4/c1-7(12(14)15)11-8(6-16-2)4-9(13)5-10(11)17-3/h4-5,7H,6H2,1-3H3,(H,14,15). The average molecular weight is 259 g/mol. The topological polar surface area (TPSA) is 55.8 Å². The molecular formula is C12H15ClO4. The van der Waals surface area contributed by atoms with Crippen LogP contribution in [0.25, 0.3) is 0 Å². The molecule has 0 spiro atoms. The van der Waals surface area contributed by atoms with Gasteiger partial charge in [0.15, 0.2) is 0 Å². The normalized spacial score (nSPS) is 12.2. The third-order valence-electron chi connectivity index (χ3n) is 2.52. The van der Waals surface area contributed by atoms with Gasteiger partial charge in [-0.15, -0.1) is 0 Å². The van der Waals surface area contributed by atoms with Crippen molar-refractivity contribution in [3.8, 4) is 5.75 Å². The van der Waals surface area contributed by atoms with Gasteiger partial charge >= 0.3 is 5.97 Å². The number of aliphatic carboxylic acids is 1. The molecule has 0 saturated carbocycles. The molecule has 17 heavy (non-hydrogen) atoms. The van der Waals surface area contributed by atoms with E-state index in [1.807, 2.05) is 0 Å². The number of rotatable bonds is 5. The maximum atomic E-state index is 11.1. The largest absolute Gasteiger partial charge is 0.496 e. The second kappa shape index (κ2) is 5.89. The minimum atomic E-state index is -0.914. The van der Waals surface area contributed by atoms with Crippen LogP contribution in [0.1, 0.15) is 24.0 Å². The molecule has 0 aliphatic carbocycles. The lowest BCUT2D eigenvalue weighted by atomic mass is 9.95. The Morgan fingerprint density at radius 3 is 2.59 bits per heavy atom. The minimum Gasteiger partial charge on any atom is -0.496 e. The SMILES string of the molecule is COCc1cc(Cl)cc(OC)c1C(C)C(=O)O. The van der Waals surface area contributed by atoms with Crippen LogP contribution in [0.3, 0.4) is 0 Å². The number of hydrogen-bond acceptors (Lipinski definition) is 3. The smallest absolute Gasteiger partial charge is 0.310 e. The molecule has 0 saturated heterocycles. The fraction of sp³-hybridized carbons (Fsp3) is 0.417. The fourth-order valence-corrected chi connectivity index (χ4v) is 1.94. The van der Waals surface area contributed by atoms with Crippen LogP contribution < -0.4 is 4.74 Å². The summed E-state index contributed by atoms with van der Waals surface area (Å²) >= 11 is 5.94. The molecule has 1 aromatic carbocycles. The summed E-state index contributed by atoms with van der Waals surface area (Å²) in [7, 11) is 3.03. The number of carbonyl (C=O) groups is 1. The van der Waals surface area contributed by atoms with Gasteiger partial charge in [-0.2, -0.15) is 0 Å². The summed E-state index contributed by atoms with van der Waals surface area (Å²) in [6.45, 7) is 1.90. The summed E-state index contributed by atoms with van der Waals surface area (Å²) in [6.07, 6.45) is 0. The second-order valence-corrected chi connectivity index (χ2v) is 4.11. The fourth-order valence-electron chi connectivity index (χ4n) is 1.71. The van der Waals surface area contributed by atoms with Crippen molar-refractivity contribution in [1.29, 1.82) is 0 Å². The van der Waals surface area contributed by atoms with Gasteiger partial charge < -0.3 is 14.6 Å². The third kappa shape index (κ3) is 3.11. The van der Waals surface area contributed by atoms with Crippen LogP contribution in [0.2, 0.25) is 5.02 Å². The van der Waals surface area contributed by atoms with Crippen LogP contribution in [-0.2, 0) is 16.1 Å². The highest BCUT2D eigenvalue weighted by Gasteiger charge is 2.22. The van der Waals surface area contributed by atoms with Crippen molar-refractivity contribution in [3.05, 3.63) is 28.3 Å². The molecule has 1 N–H and O–H groups in total. The first-order chi connectivity index (χ1) is 8.01. The van der Waals surface area contributed by atoms with Crippen LogP contribution in [0.5, 0.6) is 5.75 Å². The van der Waals surface area contributed by atoms with E-state index in [0.29, 0.717) is 22.9 Å². The second-order valence-electron chi connectivity index (χ2n) is 3.67. The molecule has 1 aromatic rings. The van der Waals surface area contributed by atoms with Crippen LogP contribution in [0, 0.1) is 0 Å². The van der Waals surface area contributed by atoms with Crippen LogP contribution in [-0.4, -0.2) is 25.3 Å². The number of halogens is 1. The number of carboxylic acid groups (broad SMARTS) is 1. The van der Waals surface area contributed by atoms with Gasteiger partial charge in [0, 0.05) is 17.7 Å². The highest BCUT2D eigenvalue weighted by atomic mass is 35.5. The van der Waals surface area contributed by atoms with Gasteiger partial charge in [0.1, 0.15) is 5.75 Å². The van der Waals surface area contributed by atoms with E-state index in [1.165, 1.54) is 7.11 Å². The molecule has 0 radical (unpaired) electrons.